The molecule has 2 aliphatic carbocycles. The van der Waals surface area contributed by atoms with Crippen molar-refractivity contribution in [3.8, 4) is 0 Å². The van der Waals surface area contributed by atoms with E-state index in [0.29, 0.717) is 6.42 Å². The molecule has 118 valence electrons. The van der Waals surface area contributed by atoms with Gasteiger partial charge in [0.25, 0.3) is 0 Å². The molecule has 0 aromatic heterocycles. The maximum Gasteiger partial charge on any atom is 0.227 e. The van der Waals surface area contributed by atoms with Gasteiger partial charge in [0.05, 0.1) is 17.6 Å². The highest BCUT2D eigenvalue weighted by molar-refractivity contribution is 5.86. The minimum Gasteiger partial charge on any atom is -0.390 e. The summed E-state index contributed by atoms with van der Waals surface area (Å²) in [4.78, 5) is 12.8. The second-order valence-electron chi connectivity index (χ2n) is 6.86. The molecule has 2 aromatic rings. The highest BCUT2D eigenvalue weighted by atomic mass is 16.3. The molecule has 3 nitrogen and oxygen atoms in total. The summed E-state index contributed by atoms with van der Waals surface area (Å²) in [7, 11) is 0. The second kappa shape index (κ2) is 5.50. The van der Waals surface area contributed by atoms with Crippen molar-refractivity contribution in [1.29, 1.82) is 0 Å². The molecule has 2 aromatic carbocycles. The minimum atomic E-state index is -0.524. The Kier molecular flexibility index (Phi) is 3.46. The van der Waals surface area contributed by atoms with Crippen LogP contribution in [-0.2, 0) is 17.6 Å². The molecular weight excluding hydrogens is 286 g/mol. The number of aliphatic hydroxyl groups excluding tert-OH is 1. The average molecular weight is 307 g/mol. The highest BCUT2D eigenvalue weighted by Gasteiger charge is 2.50. The van der Waals surface area contributed by atoms with E-state index >= 15 is 0 Å². The number of carbonyl (C=O) groups excluding carboxylic acids is 1. The lowest BCUT2D eigenvalue weighted by molar-refractivity contribution is -0.127. The van der Waals surface area contributed by atoms with Crippen LogP contribution in [0.2, 0.25) is 0 Å². The minimum absolute atomic E-state index is 0.0853. The van der Waals surface area contributed by atoms with Gasteiger partial charge in [0.1, 0.15) is 0 Å². The van der Waals surface area contributed by atoms with E-state index in [9.17, 15) is 9.90 Å². The van der Waals surface area contributed by atoms with Crippen LogP contribution >= 0.6 is 0 Å². The van der Waals surface area contributed by atoms with Crippen LogP contribution in [-0.4, -0.2) is 17.1 Å². The van der Waals surface area contributed by atoms with Gasteiger partial charge in [-0.3, -0.25) is 4.79 Å². The number of hydrogen-bond donors (Lipinski definition) is 2. The summed E-state index contributed by atoms with van der Waals surface area (Å²) < 4.78 is 0. The first-order valence-corrected chi connectivity index (χ1v) is 8.29. The average Bonchev–Trinajstić information content (AvgIpc) is 3.28. The monoisotopic (exact) mass is 307 g/mol. The Morgan fingerprint density at radius 3 is 2.52 bits per heavy atom. The van der Waals surface area contributed by atoms with E-state index < -0.39 is 6.10 Å². The maximum absolute atomic E-state index is 12.8. The number of aliphatic hydroxyl groups is 1. The van der Waals surface area contributed by atoms with E-state index in [1.807, 2.05) is 42.5 Å². The predicted molar refractivity (Wildman–Crippen MR) is 88.8 cm³/mol. The van der Waals surface area contributed by atoms with Crippen LogP contribution in [0.15, 0.2) is 54.6 Å². The molecule has 0 heterocycles. The van der Waals surface area contributed by atoms with Crippen molar-refractivity contribution >= 4 is 5.91 Å². The van der Waals surface area contributed by atoms with E-state index in [-0.39, 0.29) is 17.4 Å². The van der Waals surface area contributed by atoms with Crippen molar-refractivity contribution in [2.45, 2.75) is 37.8 Å². The van der Waals surface area contributed by atoms with Crippen LogP contribution in [0.5, 0.6) is 0 Å². The first kappa shape index (κ1) is 14.5. The van der Waals surface area contributed by atoms with Gasteiger partial charge in [0, 0.05) is 6.42 Å². The van der Waals surface area contributed by atoms with E-state index in [1.165, 1.54) is 5.56 Å². The standard InChI is InChI=1S/C20H21NO2/c22-17-12-15-8-4-5-9-16(15)18(17)21-19(23)20(10-11-20)13-14-6-2-1-3-7-14/h1-9,17-18,22H,10-13H2,(H,21,23)/t17-,18+/m1/s1. The molecule has 2 aliphatic rings. The third kappa shape index (κ3) is 2.66. The van der Waals surface area contributed by atoms with Gasteiger partial charge in [0.15, 0.2) is 0 Å². The second-order valence-corrected chi connectivity index (χ2v) is 6.86. The van der Waals surface area contributed by atoms with Crippen LogP contribution in [0.1, 0.15) is 35.6 Å². The number of fused-ring (bicyclic) bond motifs is 1. The normalized spacial score (nSPS) is 24.0. The first-order valence-electron chi connectivity index (χ1n) is 8.29. The lowest BCUT2D eigenvalue weighted by Crippen LogP contribution is -2.39. The number of amides is 1. The topological polar surface area (TPSA) is 49.3 Å². The Morgan fingerprint density at radius 2 is 1.78 bits per heavy atom. The Hall–Kier alpha value is -2.13. The lowest BCUT2D eigenvalue weighted by atomic mass is 9.94. The third-order valence-corrected chi connectivity index (χ3v) is 5.21. The van der Waals surface area contributed by atoms with Crippen molar-refractivity contribution in [3.05, 3.63) is 71.3 Å². The molecule has 1 saturated carbocycles. The molecule has 3 heteroatoms. The van der Waals surface area contributed by atoms with Crippen molar-refractivity contribution in [3.63, 3.8) is 0 Å². The Morgan fingerprint density at radius 1 is 1.09 bits per heavy atom. The van der Waals surface area contributed by atoms with Gasteiger partial charge in [-0.25, -0.2) is 0 Å². The van der Waals surface area contributed by atoms with E-state index in [2.05, 4.69) is 17.4 Å². The Balaban J connectivity index is 1.50. The fourth-order valence-corrected chi connectivity index (χ4v) is 3.66. The quantitative estimate of drug-likeness (QED) is 0.912. The van der Waals surface area contributed by atoms with Crippen molar-refractivity contribution in [1.82, 2.24) is 5.32 Å². The zero-order valence-corrected chi connectivity index (χ0v) is 13.0. The van der Waals surface area contributed by atoms with Crippen molar-refractivity contribution < 1.29 is 9.90 Å². The summed E-state index contributed by atoms with van der Waals surface area (Å²) >= 11 is 0. The summed E-state index contributed by atoms with van der Waals surface area (Å²) in [5, 5.41) is 13.4. The number of hydrogen-bond acceptors (Lipinski definition) is 2. The molecule has 23 heavy (non-hydrogen) atoms. The Bertz CT molecular complexity index is 721. The van der Waals surface area contributed by atoms with Crippen LogP contribution in [0.25, 0.3) is 0 Å². The zero-order valence-electron chi connectivity index (χ0n) is 13.0. The molecule has 0 saturated heterocycles. The summed E-state index contributed by atoms with van der Waals surface area (Å²) in [6.07, 6.45) is 2.73. The van der Waals surface area contributed by atoms with E-state index in [4.69, 9.17) is 0 Å². The van der Waals surface area contributed by atoms with E-state index in [0.717, 1.165) is 30.4 Å². The van der Waals surface area contributed by atoms with Crippen molar-refractivity contribution in [2.75, 3.05) is 0 Å². The van der Waals surface area contributed by atoms with Crippen LogP contribution in [0.4, 0.5) is 0 Å². The maximum atomic E-state index is 12.8. The van der Waals surface area contributed by atoms with Crippen molar-refractivity contribution in [2.24, 2.45) is 5.41 Å². The predicted octanol–water partition coefficient (Wildman–Crippen LogP) is 2.78. The zero-order chi connectivity index (χ0) is 15.9. The largest absolute Gasteiger partial charge is 0.390 e. The molecule has 0 spiro atoms. The van der Waals surface area contributed by atoms with Gasteiger partial charge in [-0.05, 0) is 36.0 Å². The fourth-order valence-electron chi connectivity index (χ4n) is 3.66. The third-order valence-electron chi connectivity index (χ3n) is 5.21. The molecule has 1 fully saturated rings. The number of nitrogens with one attached hydrogen (secondary N) is 1. The van der Waals surface area contributed by atoms with Gasteiger partial charge in [-0.2, -0.15) is 0 Å². The summed E-state index contributed by atoms with van der Waals surface area (Å²) in [5.74, 6) is 0.0853. The lowest BCUT2D eigenvalue weighted by Gasteiger charge is -2.22. The van der Waals surface area contributed by atoms with Crippen LogP contribution in [0.3, 0.4) is 0 Å². The summed E-state index contributed by atoms with van der Waals surface area (Å²) in [6, 6.07) is 17.9. The van der Waals surface area contributed by atoms with Gasteiger partial charge in [-0.15, -0.1) is 0 Å². The molecule has 2 atom stereocenters. The molecule has 4 rings (SSSR count). The smallest absolute Gasteiger partial charge is 0.227 e. The summed E-state index contributed by atoms with van der Waals surface area (Å²) in [5.41, 5.74) is 3.12. The Labute approximate surface area is 136 Å². The summed E-state index contributed by atoms with van der Waals surface area (Å²) in [6.45, 7) is 0. The van der Waals surface area contributed by atoms with Crippen LogP contribution < -0.4 is 5.32 Å². The fraction of sp³-hybridized carbons (Fsp3) is 0.350. The van der Waals surface area contributed by atoms with Gasteiger partial charge in [-0.1, -0.05) is 54.6 Å². The number of benzene rings is 2. The van der Waals surface area contributed by atoms with Gasteiger partial charge >= 0.3 is 0 Å². The molecule has 1 amide bonds. The molecule has 0 unspecified atom stereocenters. The molecule has 2 N–H and O–H groups in total. The molecule has 0 aliphatic heterocycles. The molecule has 0 bridgehead atoms. The van der Waals surface area contributed by atoms with E-state index in [1.54, 1.807) is 0 Å². The molecule has 0 radical (unpaired) electrons. The number of carbonyl (C=O) groups is 1. The van der Waals surface area contributed by atoms with Gasteiger partial charge < -0.3 is 10.4 Å². The first-order chi connectivity index (χ1) is 11.2. The number of rotatable bonds is 4. The van der Waals surface area contributed by atoms with Crippen LogP contribution in [0, 0.1) is 5.41 Å². The van der Waals surface area contributed by atoms with Gasteiger partial charge in [0.2, 0.25) is 5.91 Å². The molecular formula is C20H21NO2. The highest BCUT2D eigenvalue weighted by Crippen LogP contribution is 2.49. The SMILES string of the molecule is O=C(N[C@H]1c2ccccc2C[C@H]1O)C1(Cc2ccccc2)CC1.